The molecule has 0 spiro atoms. The molecule has 0 saturated heterocycles. The Labute approximate surface area is 111 Å². The van der Waals surface area contributed by atoms with Crippen LogP contribution in [0.5, 0.6) is 0 Å². The molecule has 0 saturated carbocycles. The van der Waals surface area contributed by atoms with Gasteiger partial charge in [0.25, 0.3) is 0 Å². The minimum absolute atomic E-state index is 0.177. The zero-order valence-electron chi connectivity index (χ0n) is 12.0. The van der Waals surface area contributed by atoms with E-state index >= 15 is 0 Å². The molecule has 0 aromatic carbocycles. The van der Waals surface area contributed by atoms with E-state index in [1.807, 2.05) is 13.8 Å². The topological polar surface area (TPSA) is 37.3 Å². The molecule has 2 unspecified atom stereocenters. The molecule has 0 aliphatic heterocycles. The van der Waals surface area contributed by atoms with Crippen molar-refractivity contribution in [1.29, 1.82) is 0 Å². The van der Waals surface area contributed by atoms with Gasteiger partial charge < -0.3 is 5.11 Å². The summed E-state index contributed by atoms with van der Waals surface area (Å²) in [5.41, 5.74) is 4.02. The fourth-order valence-electron chi connectivity index (χ4n) is 2.99. The number of hydrogen-bond acceptors (Lipinski definition) is 1. The molecule has 2 nitrogen and oxygen atoms in total. The van der Waals surface area contributed by atoms with Crippen LogP contribution >= 0.6 is 0 Å². The first-order valence-corrected chi connectivity index (χ1v) is 7.06. The van der Waals surface area contributed by atoms with Crippen LogP contribution in [0.1, 0.15) is 59.3 Å². The Morgan fingerprint density at radius 1 is 1.44 bits per heavy atom. The molecule has 0 amide bonds. The Morgan fingerprint density at radius 2 is 2.11 bits per heavy atom. The molecule has 1 aliphatic rings. The first kappa shape index (κ1) is 15.0. The highest BCUT2D eigenvalue weighted by Crippen LogP contribution is 2.34. The third-order valence-corrected chi connectivity index (χ3v) is 4.09. The minimum atomic E-state index is -0.658. The summed E-state index contributed by atoms with van der Waals surface area (Å²) < 4.78 is 0. The van der Waals surface area contributed by atoms with Crippen molar-refractivity contribution in [2.45, 2.75) is 59.3 Å². The van der Waals surface area contributed by atoms with Gasteiger partial charge in [0.1, 0.15) is 0 Å². The van der Waals surface area contributed by atoms with Crippen LogP contribution in [-0.2, 0) is 4.79 Å². The first-order chi connectivity index (χ1) is 8.47. The zero-order chi connectivity index (χ0) is 13.7. The van der Waals surface area contributed by atoms with Crippen molar-refractivity contribution in [1.82, 2.24) is 0 Å². The molecule has 0 bridgehead atoms. The number of rotatable bonds is 7. The lowest BCUT2D eigenvalue weighted by Crippen LogP contribution is -2.22. The minimum Gasteiger partial charge on any atom is -0.481 e. The Morgan fingerprint density at radius 3 is 2.56 bits per heavy atom. The molecule has 2 heteroatoms. The van der Waals surface area contributed by atoms with Crippen molar-refractivity contribution in [3.8, 4) is 0 Å². The summed E-state index contributed by atoms with van der Waals surface area (Å²) in [6, 6.07) is 0. The molecule has 0 fully saturated rings. The molecule has 0 aromatic rings. The van der Waals surface area contributed by atoms with Gasteiger partial charge in [-0.3, -0.25) is 4.79 Å². The van der Waals surface area contributed by atoms with Gasteiger partial charge in [-0.2, -0.15) is 0 Å². The number of aliphatic carboxylic acids is 1. The van der Waals surface area contributed by atoms with Crippen molar-refractivity contribution >= 4 is 5.97 Å². The number of hydrogen-bond donors (Lipinski definition) is 1. The summed E-state index contributed by atoms with van der Waals surface area (Å²) in [7, 11) is 0. The van der Waals surface area contributed by atoms with Crippen LogP contribution in [0.25, 0.3) is 0 Å². The summed E-state index contributed by atoms with van der Waals surface area (Å²) in [6.07, 6.45) is 6.05. The Kier molecular flexibility index (Phi) is 5.64. The van der Waals surface area contributed by atoms with Crippen LogP contribution in [0.4, 0.5) is 0 Å². The molecule has 0 aromatic heterocycles. The highest BCUT2D eigenvalue weighted by atomic mass is 16.4. The lowest BCUT2D eigenvalue weighted by Gasteiger charge is -2.21. The van der Waals surface area contributed by atoms with Gasteiger partial charge in [0.05, 0.1) is 5.92 Å². The fraction of sp³-hybridized carbons (Fsp3) is 0.688. The van der Waals surface area contributed by atoms with E-state index in [2.05, 4.69) is 13.5 Å². The van der Waals surface area contributed by atoms with E-state index < -0.39 is 5.97 Å². The summed E-state index contributed by atoms with van der Waals surface area (Å²) in [5, 5.41) is 9.26. The molecule has 0 radical (unpaired) electrons. The second-order valence-electron chi connectivity index (χ2n) is 5.63. The fourth-order valence-corrected chi connectivity index (χ4v) is 2.99. The number of carbonyl (C=O) groups is 1. The van der Waals surface area contributed by atoms with Crippen molar-refractivity contribution in [3.63, 3.8) is 0 Å². The van der Waals surface area contributed by atoms with Crippen LogP contribution in [-0.4, -0.2) is 11.1 Å². The van der Waals surface area contributed by atoms with E-state index in [9.17, 15) is 9.90 Å². The van der Waals surface area contributed by atoms with Gasteiger partial charge in [0, 0.05) is 0 Å². The third-order valence-electron chi connectivity index (χ3n) is 4.09. The summed E-state index contributed by atoms with van der Waals surface area (Å²) in [5.74, 6) is -0.709. The van der Waals surface area contributed by atoms with Crippen LogP contribution in [0.3, 0.4) is 0 Å². The van der Waals surface area contributed by atoms with Crippen LogP contribution in [0.15, 0.2) is 23.3 Å². The maximum Gasteiger partial charge on any atom is 0.306 e. The first-order valence-electron chi connectivity index (χ1n) is 7.06. The van der Waals surface area contributed by atoms with Gasteiger partial charge >= 0.3 is 5.97 Å². The molecular weight excluding hydrogens is 224 g/mol. The van der Waals surface area contributed by atoms with Gasteiger partial charge in [-0.25, -0.2) is 0 Å². The van der Waals surface area contributed by atoms with Crippen molar-refractivity contribution in [3.05, 3.63) is 23.3 Å². The van der Waals surface area contributed by atoms with E-state index in [0.717, 1.165) is 25.7 Å². The van der Waals surface area contributed by atoms with Crippen molar-refractivity contribution < 1.29 is 9.90 Å². The summed E-state index contributed by atoms with van der Waals surface area (Å²) in [4.78, 5) is 11.3. The maximum atomic E-state index is 11.3. The highest BCUT2D eigenvalue weighted by Gasteiger charge is 2.25. The van der Waals surface area contributed by atoms with E-state index in [1.165, 1.54) is 29.6 Å². The zero-order valence-corrected chi connectivity index (χ0v) is 12.0. The lowest BCUT2D eigenvalue weighted by atomic mass is 9.83. The van der Waals surface area contributed by atoms with Crippen LogP contribution in [0, 0.1) is 11.8 Å². The van der Waals surface area contributed by atoms with Gasteiger partial charge in [0.2, 0.25) is 0 Å². The molecular formula is C16H26O2. The van der Waals surface area contributed by atoms with E-state index in [4.69, 9.17) is 0 Å². The lowest BCUT2D eigenvalue weighted by molar-refractivity contribution is -0.143. The van der Waals surface area contributed by atoms with E-state index in [0.29, 0.717) is 0 Å². The molecule has 102 valence electrons. The molecule has 2 atom stereocenters. The average molecular weight is 250 g/mol. The molecule has 18 heavy (non-hydrogen) atoms. The second-order valence-corrected chi connectivity index (χ2v) is 5.63. The molecule has 0 heterocycles. The average Bonchev–Trinajstić information content (AvgIpc) is 2.71. The summed E-state index contributed by atoms with van der Waals surface area (Å²) in [6.45, 7) is 10.4. The Bertz CT molecular complexity index is 352. The Balaban J connectivity index is 2.63. The van der Waals surface area contributed by atoms with Gasteiger partial charge in [0.15, 0.2) is 0 Å². The highest BCUT2D eigenvalue weighted by molar-refractivity contribution is 5.70. The van der Waals surface area contributed by atoms with Gasteiger partial charge in [-0.1, -0.05) is 38.0 Å². The number of carboxylic acid groups (broad SMARTS) is 1. The quantitative estimate of drug-likeness (QED) is 0.718. The maximum absolute atomic E-state index is 11.3. The summed E-state index contributed by atoms with van der Waals surface area (Å²) >= 11 is 0. The number of carboxylic acids is 1. The largest absolute Gasteiger partial charge is 0.481 e. The molecule has 1 rings (SSSR count). The normalized spacial score (nSPS) is 18.8. The van der Waals surface area contributed by atoms with Gasteiger partial charge in [-0.05, 0) is 50.5 Å². The standard InChI is InChI=1S/C16H26O2/c1-5-7-15(16(17)18)13(4)10-12(3)14-9-6-8-11(14)2/h13,15H,3,5-10H2,1-2,4H3,(H,17,18). The predicted molar refractivity (Wildman–Crippen MR) is 75.5 cm³/mol. The monoisotopic (exact) mass is 250 g/mol. The third kappa shape index (κ3) is 3.72. The SMILES string of the molecule is C=C(CC(C)C(CCC)C(=O)O)C1=C(C)CCC1. The van der Waals surface area contributed by atoms with Crippen LogP contribution in [0.2, 0.25) is 0 Å². The molecule has 1 aliphatic carbocycles. The second kappa shape index (κ2) is 6.77. The van der Waals surface area contributed by atoms with Gasteiger partial charge in [-0.15, -0.1) is 0 Å². The van der Waals surface area contributed by atoms with Crippen molar-refractivity contribution in [2.24, 2.45) is 11.8 Å². The van der Waals surface area contributed by atoms with Crippen LogP contribution < -0.4 is 0 Å². The number of allylic oxidation sites excluding steroid dienone is 3. The van der Waals surface area contributed by atoms with Crippen molar-refractivity contribution in [2.75, 3.05) is 0 Å². The van der Waals surface area contributed by atoms with E-state index in [-0.39, 0.29) is 11.8 Å². The van der Waals surface area contributed by atoms with E-state index in [1.54, 1.807) is 0 Å². The Hall–Kier alpha value is -1.05. The smallest absolute Gasteiger partial charge is 0.306 e. The molecule has 1 N–H and O–H groups in total. The predicted octanol–water partition coefficient (Wildman–Crippen LogP) is 4.57.